The van der Waals surface area contributed by atoms with Gasteiger partial charge in [0.05, 0.1) is 21.3 Å². The Morgan fingerprint density at radius 2 is 2.00 bits per heavy atom. The minimum Gasteiger partial charge on any atom is -0.398 e. The van der Waals surface area contributed by atoms with Crippen molar-refractivity contribution in [1.82, 2.24) is 4.98 Å². The van der Waals surface area contributed by atoms with Gasteiger partial charge in [-0.25, -0.2) is 13.4 Å². The van der Waals surface area contributed by atoms with E-state index >= 15 is 0 Å². The Morgan fingerprint density at radius 1 is 1.33 bits per heavy atom. The molecular weight excluding hydrogens is 328 g/mol. The summed E-state index contributed by atoms with van der Waals surface area (Å²) < 4.78 is 24.8. The van der Waals surface area contributed by atoms with Gasteiger partial charge in [0.25, 0.3) is 0 Å². The first-order valence-corrected chi connectivity index (χ1v) is 9.23. The highest BCUT2D eigenvalue weighted by molar-refractivity contribution is 7.90. The molecule has 2 rings (SSSR count). The number of rotatable bonds is 3. The predicted octanol–water partition coefficient (Wildman–Crippen LogP) is 3.65. The summed E-state index contributed by atoms with van der Waals surface area (Å²) in [6, 6.07) is 4.34. The van der Waals surface area contributed by atoms with E-state index in [9.17, 15) is 8.42 Å². The molecule has 0 amide bonds. The number of hydrogen-bond acceptors (Lipinski definition) is 5. The third-order valence-electron chi connectivity index (χ3n) is 2.96. The second-order valence-corrected chi connectivity index (χ2v) is 9.16. The van der Waals surface area contributed by atoms with E-state index in [1.807, 2.05) is 26.2 Å². The van der Waals surface area contributed by atoms with Gasteiger partial charge in [0.1, 0.15) is 10.8 Å². The van der Waals surface area contributed by atoms with E-state index in [0.29, 0.717) is 10.7 Å². The molecule has 0 bridgehead atoms. The zero-order chi connectivity index (χ0) is 15.8. The number of anilines is 1. The van der Waals surface area contributed by atoms with Crippen LogP contribution in [0.1, 0.15) is 31.5 Å². The molecule has 0 aliphatic carbocycles. The van der Waals surface area contributed by atoms with Gasteiger partial charge in [-0.1, -0.05) is 32.4 Å². The van der Waals surface area contributed by atoms with Gasteiger partial charge in [0.15, 0.2) is 9.84 Å². The van der Waals surface area contributed by atoms with Crippen LogP contribution in [0.25, 0.3) is 0 Å². The van der Waals surface area contributed by atoms with Gasteiger partial charge in [0, 0.05) is 10.8 Å². The van der Waals surface area contributed by atoms with E-state index in [1.165, 1.54) is 29.5 Å². The van der Waals surface area contributed by atoms with Crippen molar-refractivity contribution in [3.8, 4) is 0 Å². The van der Waals surface area contributed by atoms with E-state index < -0.39 is 9.84 Å². The van der Waals surface area contributed by atoms with Crippen LogP contribution in [0.3, 0.4) is 0 Å². The fourth-order valence-corrected chi connectivity index (χ4v) is 4.59. The van der Waals surface area contributed by atoms with Gasteiger partial charge < -0.3 is 5.73 Å². The number of hydrogen-bond donors (Lipinski definition) is 1. The zero-order valence-electron chi connectivity index (χ0n) is 12.1. The summed E-state index contributed by atoms with van der Waals surface area (Å²) in [5.74, 6) is -0.131. The molecule has 0 saturated carbocycles. The van der Waals surface area contributed by atoms with Crippen molar-refractivity contribution in [1.29, 1.82) is 0 Å². The standard InChI is InChI=1S/C14H17ClN2O2S2/c1-14(2,3)12-7-20-13(17-12)8-21(18,19)9-4-5-11(16)10(15)6-9/h4-7H,8,16H2,1-3H3. The highest BCUT2D eigenvalue weighted by Gasteiger charge is 2.22. The smallest absolute Gasteiger partial charge is 0.184 e. The summed E-state index contributed by atoms with van der Waals surface area (Å²) in [6.07, 6.45) is 0. The molecule has 0 spiro atoms. The van der Waals surface area contributed by atoms with Gasteiger partial charge >= 0.3 is 0 Å². The van der Waals surface area contributed by atoms with Crippen LogP contribution in [0.5, 0.6) is 0 Å². The third-order valence-corrected chi connectivity index (χ3v) is 5.95. The lowest BCUT2D eigenvalue weighted by atomic mass is 9.93. The zero-order valence-corrected chi connectivity index (χ0v) is 14.4. The van der Waals surface area contributed by atoms with E-state index in [2.05, 4.69) is 4.98 Å². The second-order valence-electron chi connectivity index (χ2n) is 5.82. The van der Waals surface area contributed by atoms with Crippen molar-refractivity contribution in [3.63, 3.8) is 0 Å². The number of halogens is 1. The van der Waals surface area contributed by atoms with Gasteiger partial charge in [-0.3, -0.25) is 0 Å². The predicted molar refractivity (Wildman–Crippen MR) is 87.6 cm³/mol. The van der Waals surface area contributed by atoms with Crippen LogP contribution >= 0.6 is 22.9 Å². The second kappa shape index (κ2) is 5.59. The molecule has 0 radical (unpaired) electrons. The molecule has 0 aliphatic rings. The van der Waals surface area contributed by atoms with Crippen LogP contribution in [0.4, 0.5) is 5.69 Å². The Balaban J connectivity index is 2.29. The first kappa shape index (κ1) is 16.3. The van der Waals surface area contributed by atoms with E-state index in [4.69, 9.17) is 17.3 Å². The first-order valence-electron chi connectivity index (χ1n) is 6.32. The average Bonchev–Trinajstić information content (AvgIpc) is 2.80. The molecule has 1 aromatic heterocycles. The van der Waals surface area contributed by atoms with Crippen molar-refractivity contribution < 1.29 is 8.42 Å². The van der Waals surface area contributed by atoms with Gasteiger partial charge in [0.2, 0.25) is 0 Å². The molecule has 2 N–H and O–H groups in total. The van der Waals surface area contributed by atoms with Gasteiger partial charge in [-0.2, -0.15) is 0 Å². The monoisotopic (exact) mass is 344 g/mol. The Kier molecular flexibility index (Phi) is 4.33. The van der Waals surface area contributed by atoms with Crippen molar-refractivity contribution >= 4 is 38.5 Å². The maximum atomic E-state index is 12.4. The minimum absolute atomic E-state index is 0.0942. The summed E-state index contributed by atoms with van der Waals surface area (Å²) >= 11 is 7.24. The van der Waals surface area contributed by atoms with Crippen molar-refractivity contribution in [2.75, 3.05) is 5.73 Å². The molecule has 4 nitrogen and oxygen atoms in total. The number of nitrogens with zero attached hydrogens (tertiary/aromatic N) is 1. The maximum absolute atomic E-state index is 12.4. The summed E-state index contributed by atoms with van der Waals surface area (Å²) in [6.45, 7) is 6.13. The van der Waals surface area contributed by atoms with E-state index in [1.54, 1.807) is 0 Å². The largest absolute Gasteiger partial charge is 0.398 e. The minimum atomic E-state index is -3.48. The molecule has 7 heteroatoms. The summed E-state index contributed by atoms with van der Waals surface area (Å²) in [5.41, 5.74) is 6.76. The van der Waals surface area contributed by atoms with E-state index in [-0.39, 0.29) is 21.1 Å². The van der Waals surface area contributed by atoms with Crippen LogP contribution < -0.4 is 5.73 Å². The Hall–Kier alpha value is -1.11. The third kappa shape index (κ3) is 3.75. The lowest BCUT2D eigenvalue weighted by molar-refractivity contribution is 0.570. The topological polar surface area (TPSA) is 73.0 Å². The first-order chi connectivity index (χ1) is 9.59. The lowest BCUT2D eigenvalue weighted by Gasteiger charge is -2.14. The summed E-state index contributed by atoms with van der Waals surface area (Å²) in [5, 5.41) is 2.72. The molecule has 21 heavy (non-hydrogen) atoms. The molecule has 0 saturated heterocycles. The lowest BCUT2D eigenvalue weighted by Crippen LogP contribution is -2.12. The number of benzene rings is 1. The van der Waals surface area contributed by atoms with Crippen molar-refractivity contribution in [3.05, 3.63) is 39.3 Å². The molecule has 1 heterocycles. The molecule has 114 valence electrons. The molecule has 0 aliphatic heterocycles. The quantitative estimate of drug-likeness (QED) is 0.862. The van der Waals surface area contributed by atoms with Crippen molar-refractivity contribution in [2.24, 2.45) is 0 Å². The van der Waals surface area contributed by atoms with Gasteiger partial charge in [-0.05, 0) is 18.2 Å². The summed E-state index contributed by atoms with van der Waals surface area (Å²) in [7, 11) is -3.48. The number of nitrogens with two attached hydrogens (primary N) is 1. The SMILES string of the molecule is CC(C)(C)c1csc(CS(=O)(=O)c2ccc(N)c(Cl)c2)n1. The molecule has 0 fully saturated rings. The molecule has 0 atom stereocenters. The van der Waals surface area contributed by atoms with Crippen LogP contribution in [0.2, 0.25) is 5.02 Å². The number of sulfone groups is 1. The Morgan fingerprint density at radius 3 is 2.52 bits per heavy atom. The summed E-state index contributed by atoms with van der Waals surface area (Å²) in [4.78, 5) is 4.58. The highest BCUT2D eigenvalue weighted by Crippen LogP contribution is 2.28. The van der Waals surface area contributed by atoms with Crippen LogP contribution in [-0.2, 0) is 21.0 Å². The molecule has 0 unspecified atom stereocenters. The van der Waals surface area contributed by atoms with E-state index in [0.717, 1.165) is 5.69 Å². The average molecular weight is 345 g/mol. The molecule has 1 aromatic carbocycles. The van der Waals surface area contributed by atoms with Crippen LogP contribution in [0, 0.1) is 0 Å². The fraction of sp³-hybridized carbons (Fsp3) is 0.357. The Labute approximate surface area is 133 Å². The Bertz CT molecular complexity index is 762. The maximum Gasteiger partial charge on any atom is 0.184 e. The molecule has 2 aromatic rings. The van der Waals surface area contributed by atoms with Crippen LogP contribution in [0.15, 0.2) is 28.5 Å². The van der Waals surface area contributed by atoms with Crippen molar-refractivity contribution in [2.45, 2.75) is 36.8 Å². The fourth-order valence-electron chi connectivity index (χ4n) is 1.67. The van der Waals surface area contributed by atoms with Gasteiger partial charge in [-0.15, -0.1) is 11.3 Å². The number of aromatic nitrogens is 1. The number of thiazole rings is 1. The molecular formula is C14H17ClN2O2S2. The number of nitrogen functional groups attached to an aromatic ring is 1. The normalized spacial score (nSPS) is 12.6. The highest BCUT2D eigenvalue weighted by atomic mass is 35.5. The van der Waals surface area contributed by atoms with Crippen LogP contribution in [-0.4, -0.2) is 13.4 Å².